The topological polar surface area (TPSA) is 35.2 Å². The molecule has 0 radical (unpaired) electrons. The SMILES string of the molecule is NC(=S)Oc1ccccc1. The molecule has 2 nitrogen and oxygen atoms in total. The van der Waals surface area contributed by atoms with Crippen LogP contribution in [0.4, 0.5) is 0 Å². The minimum absolute atomic E-state index is 0.0474. The molecule has 3 heteroatoms. The van der Waals surface area contributed by atoms with E-state index in [1.807, 2.05) is 18.2 Å². The lowest BCUT2D eigenvalue weighted by Crippen LogP contribution is -2.15. The zero-order chi connectivity index (χ0) is 7.40. The zero-order valence-electron chi connectivity index (χ0n) is 5.28. The fourth-order valence-electron chi connectivity index (χ4n) is 0.605. The van der Waals surface area contributed by atoms with Gasteiger partial charge in [-0.05, 0) is 24.4 Å². The van der Waals surface area contributed by atoms with Gasteiger partial charge in [0.05, 0.1) is 0 Å². The first kappa shape index (κ1) is 7.02. The molecule has 10 heavy (non-hydrogen) atoms. The Morgan fingerprint density at radius 2 is 1.90 bits per heavy atom. The van der Waals surface area contributed by atoms with Crippen molar-refractivity contribution in [2.45, 2.75) is 0 Å². The zero-order valence-corrected chi connectivity index (χ0v) is 6.10. The first-order valence-electron chi connectivity index (χ1n) is 2.81. The van der Waals surface area contributed by atoms with Crippen LogP contribution in [0.1, 0.15) is 0 Å². The normalized spacial score (nSPS) is 8.80. The van der Waals surface area contributed by atoms with Crippen LogP contribution in [0.25, 0.3) is 0 Å². The number of ether oxygens (including phenoxy) is 1. The van der Waals surface area contributed by atoms with Crippen LogP contribution in [-0.2, 0) is 0 Å². The second-order valence-electron chi connectivity index (χ2n) is 1.73. The van der Waals surface area contributed by atoms with Crippen LogP contribution in [0, 0.1) is 0 Å². The summed E-state index contributed by atoms with van der Waals surface area (Å²) in [5.74, 6) is 0.676. The molecule has 0 unspecified atom stereocenters. The van der Waals surface area contributed by atoms with Gasteiger partial charge in [0, 0.05) is 0 Å². The largest absolute Gasteiger partial charge is 0.432 e. The van der Waals surface area contributed by atoms with E-state index < -0.39 is 0 Å². The minimum atomic E-state index is 0.0474. The third kappa shape index (κ3) is 2.03. The van der Waals surface area contributed by atoms with E-state index >= 15 is 0 Å². The molecule has 0 spiro atoms. The van der Waals surface area contributed by atoms with E-state index in [1.54, 1.807) is 12.1 Å². The van der Waals surface area contributed by atoms with E-state index in [9.17, 15) is 0 Å². The van der Waals surface area contributed by atoms with Crippen molar-refractivity contribution in [2.75, 3.05) is 0 Å². The van der Waals surface area contributed by atoms with E-state index in [1.165, 1.54) is 0 Å². The van der Waals surface area contributed by atoms with Gasteiger partial charge in [0.1, 0.15) is 5.75 Å². The molecular weight excluding hydrogens is 146 g/mol. The first-order chi connectivity index (χ1) is 4.79. The van der Waals surface area contributed by atoms with Crippen LogP contribution in [0.5, 0.6) is 5.75 Å². The van der Waals surface area contributed by atoms with Crippen LogP contribution in [0.15, 0.2) is 30.3 Å². The number of rotatable bonds is 1. The Morgan fingerprint density at radius 3 is 2.40 bits per heavy atom. The van der Waals surface area contributed by atoms with Gasteiger partial charge in [0.2, 0.25) is 0 Å². The number of hydrogen-bond donors (Lipinski definition) is 1. The van der Waals surface area contributed by atoms with Crippen LogP contribution < -0.4 is 10.5 Å². The van der Waals surface area contributed by atoms with Gasteiger partial charge in [-0.3, -0.25) is 0 Å². The predicted octanol–water partition coefficient (Wildman–Crippen LogP) is 1.31. The molecule has 1 aromatic rings. The summed E-state index contributed by atoms with van der Waals surface area (Å²) < 4.78 is 4.92. The lowest BCUT2D eigenvalue weighted by Gasteiger charge is -1.99. The maximum Gasteiger partial charge on any atom is 0.259 e. The highest BCUT2D eigenvalue weighted by molar-refractivity contribution is 7.80. The maximum atomic E-state index is 5.13. The molecular formula is C7H7NOS. The van der Waals surface area contributed by atoms with E-state index in [-0.39, 0.29) is 5.17 Å². The molecule has 0 bridgehead atoms. The summed E-state index contributed by atoms with van der Waals surface area (Å²) in [6.07, 6.45) is 0. The van der Waals surface area contributed by atoms with Crippen LogP contribution in [0.3, 0.4) is 0 Å². The van der Waals surface area contributed by atoms with Gasteiger partial charge in [-0.25, -0.2) is 0 Å². The van der Waals surface area contributed by atoms with Gasteiger partial charge in [-0.1, -0.05) is 18.2 Å². The third-order valence-electron chi connectivity index (χ3n) is 0.962. The molecule has 0 aliphatic heterocycles. The summed E-state index contributed by atoms with van der Waals surface area (Å²) in [6.45, 7) is 0. The standard InChI is InChI=1S/C7H7NOS/c8-7(10)9-6-4-2-1-3-5-6/h1-5H,(H2,8,10). The average Bonchev–Trinajstić information content (AvgIpc) is 1.88. The summed E-state index contributed by atoms with van der Waals surface area (Å²) >= 11 is 4.53. The van der Waals surface area contributed by atoms with Crippen molar-refractivity contribution in [3.8, 4) is 5.75 Å². The van der Waals surface area contributed by atoms with Crippen molar-refractivity contribution in [1.29, 1.82) is 0 Å². The predicted molar refractivity (Wildman–Crippen MR) is 43.9 cm³/mol. The van der Waals surface area contributed by atoms with E-state index in [0.717, 1.165) is 0 Å². The van der Waals surface area contributed by atoms with E-state index in [2.05, 4.69) is 12.2 Å². The van der Waals surface area contributed by atoms with Crippen molar-refractivity contribution in [3.63, 3.8) is 0 Å². The molecule has 0 heterocycles. The van der Waals surface area contributed by atoms with E-state index in [4.69, 9.17) is 10.5 Å². The van der Waals surface area contributed by atoms with Gasteiger partial charge >= 0.3 is 0 Å². The number of nitrogens with two attached hydrogens (primary N) is 1. The van der Waals surface area contributed by atoms with Crippen molar-refractivity contribution in [1.82, 2.24) is 0 Å². The number of benzene rings is 1. The Hall–Kier alpha value is -1.09. The van der Waals surface area contributed by atoms with Crippen LogP contribution >= 0.6 is 12.2 Å². The van der Waals surface area contributed by atoms with Gasteiger partial charge in [-0.2, -0.15) is 0 Å². The molecule has 0 amide bonds. The van der Waals surface area contributed by atoms with Crippen molar-refractivity contribution < 1.29 is 4.74 Å². The Morgan fingerprint density at radius 1 is 1.30 bits per heavy atom. The van der Waals surface area contributed by atoms with Crippen molar-refractivity contribution in [3.05, 3.63) is 30.3 Å². The Balaban J connectivity index is 2.67. The smallest absolute Gasteiger partial charge is 0.259 e. The highest BCUT2D eigenvalue weighted by Gasteiger charge is 1.90. The molecule has 0 saturated heterocycles. The first-order valence-corrected chi connectivity index (χ1v) is 3.22. The molecule has 0 fully saturated rings. The van der Waals surface area contributed by atoms with Crippen molar-refractivity contribution in [2.24, 2.45) is 5.73 Å². The fourth-order valence-corrected chi connectivity index (χ4v) is 0.701. The second-order valence-corrected chi connectivity index (χ2v) is 2.14. The molecule has 2 N–H and O–H groups in total. The lowest BCUT2D eigenvalue weighted by atomic mass is 10.3. The summed E-state index contributed by atoms with van der Waals surface area (Å²) in [6, 6.07) is 9.19. The Labute approximate surface area is 64.6 Å². The van der Waals surface area contributed by atoms with Gasteiger partial charge in [0.15, 0.2) is 0 Å². The Bertz CT molecular complexity index is 222. The molecule has 1 aromatic carbocycles. The second kappa shape index (κ2) is 3.17. The van der Waals surface area contributed by atoms with Crippen LogP contribution in [0.2, 0.25) is 0 Å². The molecule has 0 aromatic heterocycles. The summed E-state index contributed by atoms with van der Waals surface area (Å²) in [5.41, 5.74) is 5.13. The molecule has 0 atom stereocenters. The monoisotopic (exact) mass is 153 g/mol. The average molecular weight is 153 g/mol. The minimum Gasteiger partial charge on any atom is -0.432 e. The lowest BCUT2D eigenvalue weighted by molar-refractivity contribution is 0.557. The number of para-hydroxylation sites is 1. The molecule has 1 rings (SSSR count). The quantitative estimate of drug-likeness (QED) is 0.618. The van der Waals surface area contributed by atoms with Gasteiger partial charge < -0.3 is 10.5 Å². The maximum absolute atomic E-state index is 5.13. The van der Waals surface area contributed by atoms with Crippen LogP contribution in [-0.4, -0.2) is 5.17 Å². The summed E-state index contributed by atoms with van der Waals surface area (Å²) in [5, 5.41) is 0.0474. The molecule has 0 saturated carbocycles. The van der Waals surface area contributed by atoms with E-state index in [0.29, 0.717) is 5.75 Å². The fraction of sp³-hybridized carbons (Fsp3) is 0. The number of hydrogen-bond acceptors (Lipinski definition) is 2. The highest BCUT2D eigenvalue weighted by atomic mass is 32.1. The molecule has 0 aliphatic rings. The molecule has 0 aliphatic carbocycles. The summed E-state index contributed by atoms with van der Waals surface area (Å²) in [4.78, 5) is 0. The van der Waals surface area contributed by atoms with Crippen molar-refractivity contribution >= 4 is 17.4 Å². The molecule has 52 valence electrons. The Kier molecular flexibility index (Phi) is 2.23. The van der Waals surface area contributed by atoms with Gasteiger partial charge in [-0.15, -0.1) is 0 Å². The highest BCUT2D eigenvalue weighted by Crippen LogP contribution is 2.07. The third-order valence-corrected chi connectivity index (χ3v) is 1.04. The summed E-state index contributed by atoms with van der Waals surface area (Å²) in [7, 11) is 0. The number of thiocarbonyl (C=S) groups is 1. The van der Waals surface area contributed by atoms with Gasteiger partial charge in [0.25, 0.3) is 5.17 Å².